The van der Waals surface area contributed by atoms with Gasteiger partial charge < -0.3 is 10.6 Å². The highest BCUT2D eigenvalue weighted by Gasteiger charge is 2.11. The van der Waals surface area contributed by atoms with Crippen molar-refractivity contribution in [3.8, 4) is 11.3 Å². The number of hydrogen-bond acceptors (Lipinski definition) is 2. The van der Waals surface area contributed by atoms with Crippen LogP contribution in [0.25, 0.3) is 11.3 Å². The Morgan fingerprint density at radius 1 is 1.12 bits per heavy atom. The second kappa shape index (κ2) is 9.61. The summed E-state index contributed by atoms with van der Waals surface area (Å²) >= 11 is 0. The highest BCUT2D eigenvalue weighted by molar-refractivity contribution is 14.0. The van der Waals surface area contributed by atoms with E-state index >= 15 is 0 Å². The Bertz CT molecular complexity index is 648. The summed E-state index contributed by atoms with van der Waals surface area (Å²) in [5, 5.41) is 6.68. The average molecular weight is 438 g/mol. The number of benzene rings is 1. The van der Waals surface area contributed by atoms with Crippen LogP contribution in [0.15, 0.2) is 53.7 Å². The minimum atomic E-state index is -0.0171. The van der Waals surface area contributed by atoms with E-state index < -0.39 is 0 Å². The Kier molecular flexibility index (Phi) is 8.18. The van der Waals surface area contributed by atoms with Gasteiger partial charge in [0, 0.05) is 23.8 Å². The van der Waals surface area contributed by atoms with Gasteiger partial charge in [-0.2, -0.15) is 0 Å². The fraction of sp³-hybridized carbons (Fsp3) is 0.368. The Balaban J connectivity index is 0.00000288. The molecule has 0 amide bonds. The molecule has 0 aliphatic carbocycles. The first-order chi connectivity index (χ1) is 11.0. The second-order valence-corrected chi connectivity index (χ2v) is 6.49. The van der Waals surface area contributed by atoms with Gasteiger partial charge in [-0.25, -0.2) is 4.99 Å². The molecule has 0 spiro atoms. The number of halogens is 1. The first-order valence-electron chi connectivity index (χ1n) is 8.05. The summed E-state index contributed by atoms with van der Waals surface area (Å²) < 4.78 is 0. The van der Waals surface area contributed by atoms with Gasteiger partial charge in [-0.15, -0.1) is 24.0 Å². The molecule has 2 rings (SSSR count). The van der Waals surface area contributed by atoms with E-state index in [1.54, 1.807) is 0 Å². The summed E-state index contributed by atoms with van der Waals surface area (Å²) in [6, 6.07) is 14.3. The van der Waals surface area contributed by atoms with Gasteiger partial charge in [0.25, 0.3) is 0 Å². The van der Waals surface area contributed by atoms with Gasteiger partial charge in [0.1, 0.15) is 0 Å². The van der Waals surface area contributed by atoms with E-state index in [-0.39, 0.29) is 29.5 Å². The lowest BCUT2D eigenvalue weighted by molar-refractivity contribution is 0.501. The van der Waals surface area contributed by atoms with Crippen molar-refractivity contribution in [1.82, 2.24) is 15.6 Å². The van der Waals surface area contributed by atoms with Crippen LogP contribution in [0.1, 0.15) is 33.3 Å². The molecule has 0 saturated heterocycles. The zero-order chi connectivity index (χ0) is 16.7. The van der Waals surface area contributed by atoms with Gasteiger partial charge in [0.2, 0.25) is 0 Å². The third-order valence-electron chi connectivity index (χ3n) is 3.15. The van der Waals surface area contributed by atoms with Crippen molar-refractivity contribution < 1.29 is 0 Å². The summed E-state index contributed by atoms with van der Waals surface area (Å²) in [7, 11) is 0. The van der Waals surface area contributed by atoms with Crippen LogP contribution in [-0.4, -0.2) is 23.0 Å². The van der Waals surface area contributed by atoms with E-state index in [4.69, 9.17) is 0 Å². The summed E-state index contributed by atoms with van der Waals surface area (Å²) in [4.78, 5) is 9.08. The molecule has 1 aromatic carbocycles. The third kappa shape index (κ3) is 6.86. The number of aromatic nitrogens is 1. The van der Waals surface area contributed by atoms with Crippen molar-refractivity contribution >= 4 is 29.9 Å². The Morgan fingerprint density at radius 2 is 1.92 bits per heavy atom. The Hall–Kier alpha value is -1.63. The molecule has 130 valence electrons. The monoisotopic (exact) mass is 438 g/mol. The molecular formula is C19H27IN4. The molecule has 0 fully saturated rings. The predicted molar refractivity (Wildman–Crippen MR) is 113 cm³/mol. The van der Waals surface area contributed by atoms with E-state index in [1.165, 1.54) is 5.56 Å². The number of nitrogens with one attached hydrogen (secondary N) is 2. The molecular weight excluding hydrogens is 411 g/mol. The van der Waals surface area contributed by atoms with Crippen LogP contribution < -0.4 is 10.6 Å². The average Bonchev–Trinajstić information content (AvgIpc) is 2.53. The van der Waals surface area contributed by atoms with Crippen molar-refractivity contribution in [3.63, 3.8) is 0 Å². The molecule has 0 aliphatic heterocycles. The number of hydrogen-bond donors (Lipinski definition) is 2. The normalized spacial score (nSPS) is 11.6. The van der Waals surface area contributed by atoms with Gasteiger partial charge >= 0.3 is 0 Å². The smallest absolute Gasteiger partial charge is 0.191 e. The van der Waals surface area contributed by atoms with Crippen LogP contribution in [0, 0.1) is 0 Å². The number of guanidine groups is 1. The molecule has 0 bridgehead atoms. The van der Waals surface area contributed by atoms with Gasteiger partial charge in [0.15, 0.2) is 5.96 Å². The number of nitrogens with zero attached hydrogens (tertiary/aromatic N) is 2. The topological polar surface area (TPSA) is 49.3 Å². The number of rotatable bonds is 4. The van der Waals surface area contributed by atoms with Gasteiger partial charge in [0.05, 0.1) is 12.2 Å². The number of aliphatic imine (C=N–C) groups is 1. The molecule has 2 aromatic rings. The van der Waals surface area contributed by atoms with Gasteiger partial charge in [-0.3, -0.25) is 4.98 Å². The highest BCUT2D eigenvalue weighted by atomic mass is 127. The third-order valence-corrected chi connectivity index (χ3v) is 3.15. The van der Waals surface area contributed by atoms with Crippen molar-refractivity contribution in [2.24, 2.45) is 4.99 Å². The van der Waals surface area contributed by atoms with Crippen LogP contribution in [-0.2, 0) is 6.54 Å². The molecule has 0 aliphatic rings. The lowest BCUT2D eigenvalue weighted by Gasteiger charge is -2.23. The zero-order valence-corrected chi connectivity index (χ0v) is 17.2. The van der Waals surface area contributed by atoms with E-state index in [2.05, 4.69) is 72.6 Å². The molecule has 4 nitrogen and oxygen atoms in total. The molecule has 2 N–H and O–H groups in total. The molecule has 1 heterocycles. The maximum atomic E-state index is 4.68. The molecule has 5 heteroatoms. The van der Waals surface area contributed by atoms with E-state index in [1.807, 2.05) is 24.4 Å². The minimum absolute atomic E-state index is 0. The summed E-state index contributed by atoms with van der Waals surface area (Å²) in [5.41, 5.74) is 3.25. The van der Waals surface area contributed by atoms with E-state index in [0.29, 0.717) is 6.54 Å². The van der Waals surface area contributed by atoms with Crippen molar-refractivity contribution in [2.45, 2.75) is 39.8 Å². The van der Waals surface area contributed by atoms with Crippen molar-refractivity contribution in [1.29, 1.82) is 0 Å². The van der Waals surface area contributed by atoms with Crippen molar-refractivity contribution in [2.75, 3.05) is 6.54 Å². The standard InChI is InChI=1S/C19H26N4.HI/c1-5-20-18(23-19(2,3)4)22-14-15-9-8-10-16(13-15)17-11-6-7-12-21-17;/h6-13H,5,14H2,1-4H3,(H2,20,22,23);1H. The first kappa shape index (κ1) is 20.4. The summed E-state index contributed by atoms with van der Waals surface area (Å²) in [6.45, 7) is 9.92. The quantitative estimate of drug-likeness (QED) is 0.427. The predicted octanol–water partition coefficient (Wildman–Crippen LogP) is 4.22. The molecule has 0 atom stereocenters. The molecule has 24 heavy (non-hydrogen) atoms. The van der Waals surface area contributed by atoms with Crippen LogP contribution in [0.2, 0.25) is 0 Å². The Morgan fingerprint density at radius 3 is 2.54 bits per heavy atom. The first-order valence-corrected chi connectivity index (χ1v) is 8.05. The summed E-state index contributed by atoms with van der Waals surface area (Å²) in [6.07, 6.45) is 1.82. The highest BCUT2D eigenvalue weighted by Crippen LogP contribution is 2.18. The second-order valence-electron chi connectivity index (χ2n) is 6.49. The van der Waals surface area contributed by atoms with E-state index in [0.717, 1.165) is 23.8 Å². The number of pyridine rings is 1. The molecule has 0 saturated carbocycles. The maximum Gasteiger partial charge on any atom is 0.191 e. The zero-order valence-electron chi connectivity index (χ0n) is 14.8. The largest absolute Gasteiger partial charge is 0.357 e. The van der Waals surface area contributed by atoms with Crippen LogP contribution >= 0.6 is 24.0 Å². The van der Waals surface area contributed by atoms with Crippen LogP contribution in [0.4, 0.5) is 0 Å². The van der Waals surface area contributed by atoms with Crippen LogP contribution in [0.5, 0.6) is 0 Å². The SMILES string of the molecule is CCNC(=NCc1cccc(-c2ccccn2)c1)NC(C)(C)C.I. The maximum absolute atomic E-state index is 4.68. The van der Waals surface area contributed by atoms with Crippen molar-refractivity contribution in [3.05, 3.63) is 54.2 Å². The lowest BCUT2D eigenvalue weighted by atomic mass is 10.1. The lowest BCUT2D eigenvalue weighted by Crippen LogP contribution is -2.47. The minimum Gasteiger partial charge on any atom is -0.357 e. The van der Waals surface area contributed by atoms with E-state index in [9.17, 15) is 0 Å². The fourth-order valence-corrected chi connectivity index (χ4v) is 2.20. The summed E-state index contributed by atoms with van der Waals surface area (Å²) in [5.74, 6) is 0.836. The molecule has 0 unspecified atom stereocenters. The fourth-order valence-electron chi connectivity index (χ4n) is 2.20. The van der Waals surface area contributed by atoms with Gasteiger partial charge in [-0.05, 0) is 51.5 Å². The molecule has 1 aromatic heterocycles. The molecule has 0 radical (unpaired) electrons. The van der Waals surface area contributed by atoms with Crippen LogP contribution in [0.3, 0.4) is 0 Å². The Labute approximate surface area is 162 Å². The van der Waals surface area contributed by atoms with Gasteiger partial charge in [-0.1, -0.05) is 24.3 Å².